The fourth-order valence-corrected chi connectivity index (χ4v) is 2.25. The Morgan fingerprint density at radius 2 is 2.30 bits per heavy atom. The third kappa shape index (κ3) is 3.64. The molecule has 1 N–H and O–H groups in total. The second-order valence-electron chi connectivity index (χ2n) is 4.95. The molecule has 0 aliphatic carbocycles. The lowest BCUT2D eigenvalue weighted by Crippen LogP contribution is -2.30. The van der Waals surface area contributed by atoms with E-state index in [2.05, 4.69) is 15.2 Å². The first-order valence-corrected chi connectivity index (χ1v) is 6.64. The van der Waals surface area contributed by atoms with Gasteiger partial charge in [0.2, 0.25) is 5.91 Å². The van der Waals surface area contributed by atoms with Crippen molar-refractivity contribution in [3.05, 3.63) is 27.9 Å². The molecule has 0 unspecified atom stereocenters. The number of carbonyl (C=O) groups excluding carboxylic acids is 1. The molecular weight excluding hydrogens is 260 g/mol. The van der Waals surface area contributed by atoms with Crippen molar-refractivity contribution >= 4 is 5.91 Å². The maximum absolute atomic E-state index is 12.1. The number of nitrogens with zero attached hydrogens (tertiary/aromatic N) is 3. The van der Waals surface area contributed by atoms with E-state index in [-0.39, 0.29) is 24.6 Å². The smallest absolute Gasteiger partial charge is 0.253 e. The number of fused-ring (bicyclic) bond motifs is 1. The fourth-order valence-electron chi connectivity index (χ4n) is 2.25. The normalized spacial score (nSPS) is 15.5. The highest BCUT2D eigenvalue weighted by Gasteiger charge is 2.14. The molecule has 1 aliphatic heterocycles. The topological polar surface area (TPSA) is 76.5 Å². The molecule has 0 aromatic carbocycles. The van der Waals surface area contributed by atoms with E-state index in [1.54, 1.807) is 4.57 Å². The van der Waals surface area contributed by atoms with E-state index in [0.29, 0.717) is 18.8 Å². The van der Waals surface area contributed by atoms with Crippen molar-refractivity contribution in [2.24, 2.45) is 0 Å². The van der Waals surface area contributed by atoms with E-state index in [1.807, 2.05) is 7.05 Å². The molecule has 1 aliphatic rings. The van der Waals surface area contributed by atoms with E-state index in [0.717, 1.165) is 18.8 Å². The molecule has 0 saturated carbocycles. The minimum absolute atomic E-state index is 0.00661. The number of methoxy groups -OCH3 is 1. The summed E-state index contributed by atoms with van der Waals surface area (Å²) >= 11 is 0. The summed E-state index contributed by atoms with van der Waals surface area (Å²) in [5.74, 6) is 0.537. The molecule has 2 rings (SSSR count). The van der Waals surface area contributed by atoms with E-state index in [4.69, 9.17) is 4.74 Å². The second kappa shape index (κ2) is 6.62. The number of hydrogen-bond acceptors (Lipinski definition) is 5. The van der Waals surface area contributed by atoms with Gasteiger partial charge < -0.3 is 10.1 Å². The van der Waals surface area contributed by atoms with Crippen LogP contribution in [0, 0.1) is 0 Å². The summed E-state index contributed by atoms with van der Waals surface area (Å²) in [6.45, 7) is 2.54. The van der Waals surface area contributed by atoms with Crippen LogP contribution in [-0.2, 0) is 29.2 Å². The van der Waals surface area contributed by atoms with Crippen molar-refractivity contribution in [2.45, 2.75) is 26.1 Å². The molecule has 110 valence electrons. The summed E-state index contributed by atoms with van der Waals surface area (Å²) < 4.78 is 6.44. The van der Waals surface area contributed by atoms with Gasteiger partial charge in [-0.3, -0.25) is 19.1 Å². The number of amides is 1. The van der Waals surface area contributed by atoms with Crippen molar-refractivity contribution in [2.75, 3.05) is 27.3 Å². The maximum Gasteiger partial charge on any atom is 0.253 e. The Kier molecular flexibility index (Phi) is 4.86. The first kappa shape index (κ1) is 14.7. The molecule has 0 spiro atoms. The molecule has 1 amide bonds. The van der Waals surface area contributed by atoms with Crippen LogP contribution in [0.25, 0.3) is 0 Å². The van der Waals surface area contributed by atoms with Crippen LogP contribution in [0.1, 0.15) is 17.9 Å². The summed E-state index contributed by atoms with van der Waals surface area (Å²) in [6, 6.07) is 1.49. The molecule has 0 radical (unpaired) electrons. The lowest BCUT2D eigenvalue weighted by atomic mass is 10.3. The molecule has 2 heterocycles. The van der Waals surface area contributed by atoms with Gasteiger partial charge in [0.05, 0.1) is 18.8 Å². The van der Waals surface area contributed by atoms with Crippen molar-refractivity contribution in [3.63, 3.8) is 0 Å². The standard InChI is InChI=1S/C13H20N4O3/c1-16-4-3-5-17-11(8-16)15-10(6-13(17)19)7-14-12(18)9-20-2/h6H,3-5,7-9H2,1-2H3,(H,14,18). The summed E-state index contributed by atoms with van der Waals surface area (Å²) in [4.78, 5) is 30.0. The number of carbonyl (C=O) groups is 1. The summed E-state index contributed by atoms with van der Waals surface area (Å²) in [5, 5.41) is 2.67. The predicted molar refractivity (Wildman–Crippen MR) is 73.2 cm³/mol. The molecular formula is C13H20N4O3. The van der Waals surface area contributed by atoms with Crippen molar-refractivity contribution in [1.82, 2.24) is 19.8 Å². The molecule has 1 aromatic heterocycles. The Morgan fingerprint density at radius 1 is 1.50 bits per heavy atom. The molecule has 1 aromatic rings. The lowest BCUT2D eigenvalue weighted by molar-refractivity contribution is -0.124. The van der Waals surface area contributed by atoms with E-state index < -0.39 is 0 Å². The van der Waals surface area contributed by atoms with Crippen LogP contribution in [0.3, 0.4) is 0 Å². The summed E-state index contributed by atoms with van der Waals surface area (Å²) in [5.41, 5.74) is 0.530. The zero-order valence-electron chi connectivity index (χ0n) is 11.9. The maximum atomic E-state index is 12.1. The molecule has 0 bridgehead atoms. The van der Waals surface area contributed by atoms with E-state index >= 15 is 0 Å². The number of hydrogen-bond donors (Lipinski definition) is 1. The Labute approximate surface area is 117 Å². The van der Waals surface area contributed by atoms with Crippen molar-refractivity contribution < 1.29 is 9.53 Å². The monoisotopic (exact) mass is 280 g/mol. The highest BCUT2D eigenvalue weighted by Crippen LogP contribution is 2.07. The van der Waals surface area contributed by atoms with Crippen LogP contribution in [-0.4, -0.2) is 47.7 Å². The first-order chi connectivity index (χ1) is 9.60. The van der Waals surface area contributed by atoms with Gasteiger partial charge in [0.1, 0.15) is 12.4 Å². The number of rotatable bonds is 4. The Bertz CT molecular complexity index is 541. The van der Waals surface area contributed by atoms with Crippen LogP contribution in [0.5, 0.6) is 0 Å². The Morgan fingerprint density at radius 3 is 3.05 bits per heavy atom. The van der Waals surface area contributed by atoms with Gasteiger partial charge in [-0.1, -0.05) is 0 Å². The zero-order valence-corrected chi connectivity index (χ0v) is 11.9. The molecule has 0 atom stereocenters. The van der Waals surface area contributed by atoms with Gasteiger partial charge in [-0.25, -0.2) is 4.98 Å². The quantitative estimate of drug-likeness (QED) is 0.792. The molecule has 0 fully saturated rings. The minimum atomic E-state index is -0.221. The van der Waals surface area contributed by atoms with Crippen LogP contribution < -0.4 is 10.9 Å². The molecule has 7 heteroatoms. The van der Waals surface area contributed by atoms with Gasteiger partial charge in [-0.15, -0.1) is 0 Å². The van der Waals surface area contributed by atoms with Gasteiger partial charge in [0, 0.05) is 26.3 Å². The van der Waals surface area contributed by atoms with Crippen molar-refractivity contribution in [1.29, 1.82) is 0 Å². The lowest BCUT2D eigenvalue weighted by Gasteiger charge is -2.13. The number of ether oxygens (including phenoxy) is 1. The van der Waals surface area contributed by atoms with Crippen molar-refractivity contribution in [3.8, 4) is 0 Å². The minimum Gasteiger partial charge on any atom is -0.375 e. The van der Waals surface area contributed by atoms with Gasteiger partial charge in [-0.05, 0) is 13.5 Å². The van der Waals surface area contributed by atoms with E-state index in [9.17, 15) is 9.59 Å². The predicted octanol–water partition coefficient (Wildman–Crippen LogP) is -0.659. The SMILES string of the molecule is COCC(=O)NCc1cc(=O)n2c(n1)CN(C)CCC2. The number of aromatic nitrogens is 2. The average molecular weight is 280 g/mol. The van der Waals surface area contributed by atoms with E-state index in [1.165, 1.54) is 13.2 Å². The largest absolute Gasteiger partial charge is 0.375 e. The Balaban J connectivity index is 2.14. The number of nitrogens with one attached hydrogen (secondary N) is 1. The molecule has 7 nitrogen and oxygen atoms in total. The highest BCUT2D eigenvalue weighted by molar-refractivity contribution is 5.77. The summed E-state index contributed by atoms with van der Waals surface area (Å²) in [7, 11) is 3.47. The highest BCUT2D eigenvalue weighted by atomic mass is 16.5. The van der Waals surface area contributed by atoms with Crippen LogP contribution in [0.4, 0.5) is 0 Å². The van der Waals surface area contributed by atoms with Crippen LogP contribution in [0.2, 0.25) is 0 Å². The van der Waals surface area contributed by atoms with Gasteiger partial charge in [0.25, 0.3) is 5.56 Å². The first-order valence-electron chi connectivity index (χ1n) is 6.64. The van der Waals surface area contributed by atoms with Gasteiger partial charge in [-0.2, -0.15) is 0 Å². The van der Waals surface area contributed by atoms with Gasteiger partial charge in [0.15, 0.2) is 0 Å². The van der Waals surface area contributed by atoms with Crippen LogP contribution in [0.15, 0.2) is 10.9 Å². The third-order valence-corrected chi connectivity index (χ3v) is 3.22. The second-order valence-corrected chi connectivity index (χ2v) is 4.95. The zero-order chi connectivity index (χ0) is 14.5. The third-order valence-electron chi connectivity index (χ3n) is 3.22. The average Bonchev–Trinajstić information content (AvgIpc) is 2.58. The molecule has 20 heavy (non-hydrogen) atoms. The van der Waals surface area contributed by atoms with Gasteiger partial charge >= 0.3 is 0 Å². The van der Waals surface area contributed by atoms with Crippen LogP contribution >= 0.6 is 0 Å². The fraction of sp³-hybridized carbons (Fsp3) is 0.615. The molecule has 0 saturated heterocycles. The summed E-state index contributed by atoms with van der Waals surface area (Å²) in [6.07, 6.45) is 0.939. The Hall–Kier alpha value is -1.73.